The Bertz CT molecular complexity index is 1650. The molecular formula is C53H88N2O11. The van der Waals surface area contributed by atoms with Gasteiger partial charge in [0, 0.05) is 57.7 Å². The second-order valence-corrected chi connectivity index (χ2v) is 20.1. The van der Waals surface area contributed by atoms with Crippen molar-refractivity contribution < 1.29 is 53.8 Å². The summed E-state index contributed by atoms with van der Waals surface area (Å²) in [5, 5.41) is 45.4. The number of piperidine rings is 1. The lowest BCUT2D eigenvalue weighted by atomic mass is 9.83. The fraction of sp³-hybridized carbons (Fsp3) is 0.774. The molecule has 2 saturated heterocycles. The summed E-state index contributed by atoms with van der Waals surface area (Å²) in [5.41, 5.74) is 2.38. The molecule has 1 aliphatic carbocycles. The van der Waals surface area contributed by atoms with Crippen molar-refractivity contribution in [3.8, 4) is 0 Å². The highest BCUT2D eigenvalue weighted by Gasteiger charge is 2.53. The number of hydrogen-bond donors (Lipinski definition) is 4. The number of aliphatic hydroxyl groups is 4. The van der Waals surface area contributed by atoms with E-state index in [2.05, 4.69) is 34.3 Å². The third kappa shape index (κ3) is 16.9. The molecule has 2 heterocycles. The van der Waals surface area contributed by atoms with E-state index in [0.29, 0.717) is 75.3 Å². The van der Waals surface area contributed by atoms with Crippen LogP contribution < -0.4 is 0 Å². The SMILES string of the molecule is C=C/C=C/C=C(\C)[C@H](C[C@@H]1CC[C@@H](C)[C@](O)(C(=O)C(=O)N2CCCC[C@H]2C(=O)O[C@H](CCC2CCC(O)CC2)C[C@@H](O)[C@H](C)/C=C(\C)[C@@H](O)[C@@H](OC)C(=NCCC)[C@H](C)CC(C)C)O1)OC. The molecule has 0 aromatic rings. The van der Waals surface area contributed by atoms with Crippen LogP contribution in [-0.4, -0.2) is 131 Å². The Kier molecular flexibility index (Phi) is 24.7. The predicted octanol–water partition coefficient (Wildman–Crippen LogP) is 8.02. The molecule has 1 saturated carbocycles. The second kappa shape index (κ2) is 28.5. The zero-order valence-corrected chi connectivity index (χ0v) is 42.2. The van der Waals surface area contributed by atoms with Gasteiger partial charge in [-0.25, -0.2) is 4.79 Å². The van der Waals surface area contributed by atoms with Gasteiger partial charge >= 0.3 is 5.97 Å². The van der Waals surface area contributed by atoms with Crippen molar-refractivity contribution in [1.82, 2.24) is 4.90 Å². The Morgan fingerprint density at radius 1 is 0.939 bits per heavy atom. The first kappa shape index (κ1) is 57.3. The van der Waals surface area contributed by atoms with Crippen molar-refractivity contribution >= 4 is 23.4 Å². The molecule has 3 aliphatic rings. The number of amides is 1. The van der Waals surface area contributed by atoms with Crippen LogP contribution >= 0.6 is 0 Å². The highest BCUT2D eigenvalue weighted by molar-refractivity contribution is 6.39. The number of ketones is 1. The van der Waals surface area contributed by atoms with Crippen LogP contribution in [0.25, 0.3) is 0 Å². The van der Waals surface area contributed by atoms with Crippen molar-refractivity contribution in [3.63, 3.8) is 0 Å². The second-order valence-electron chi connectivity index (χ2n) is 20.1. The Balaban J connectivity index is 1.82. The molecule has 2 aliphatic heterocycles. The van der Waals surface area contributed by atoms with Gasteiger partial charge in [0.2, 0.25) is 5.79 Å². The van der Waals surface area contributed by atoms with E-state index in [-0.39, 0.29) is 37.5 Å². The summed E-state index contributed by atoms with van der Waals surface area (Å²) in [6.07, 6.45) is 13.6. The molecule has 0 aromatic heterocycles. The molecule has 0 unspecified atom stereocenters. The summed E-state index contributed by atoms with van der Waals surface area (Å²) in [5.74, 6) is -5.37. The van der Waals surface area contributed by atoms with E-state index in [4.69, 9.17) is 23.9 Å². The number of aliphatic hydroxyl groups excluding tert-OH is 3. The number of hydrogen-bond acceptors (Lipinski definition) is 12. The minimum absolute atomic E-state index is 0.103. The summed E-state index contributed by atoms with van der Waals surface area (Å²) >= 11 is 0. The fourth-order valence-electron chi connectivity index (χ4n) is 9.98. The maximum absolute atomic E-state index is 14.3. The number of Topliss-reactive ketones (excluding diaryl/α,β-unsaturated/α-hetero) is 1. The number of likely N-dealkylation sites (tertiary alicyclic amines) is 1. The van der Waals surface area contributed by atoms with Gasteiger partial charge in [0.25, 0.3) is 11.7 Å². The zero-order valence-electron chi connectivity index (χ0n) is 42.2. The highest BCUT2D eigenvalue weighted by Crippen LogP contribution is 2.37. The van der Waals surface area contributed by atoms with Gasteiger partial charge < -0.3 is 44.3 Å². The Morgan fingerprint density at radius 2 is 1.64 bits per heavy atom. The van der Waals surface area contributed by atoms with E-state index >= 15 is 0 Å². The summed E-state index contributed by atoms with van der Waals surface area (Å²) in [7, 11) is 3.17. The van der Waals surface area contributed by atoms with Gasteiger partial charge in [0.15, 0.2) is 0 Å². The van der Waals surface area contributed by atoms with E-state index in [1.807, 2.05) is 39.0 Å². The molecule has 0 bridgehead atoms. The molecule has 0 aromatic carbocycles. The molecule has 3 rings (SSSR count). The normalized spacial score (nSPS) is 28.1. The number of methoxy groups -OCH3 is 2. The van der Waals surface area contributed by atoms with Crippen molar-refractivity contribution in [1.29, 1.82) is 0 Å². The summed E-state index contributed by atoms with van der Waals surface area (Å²) in [6.45, 7) is 20.3. The minimum Gasteiger partial charge on any atom is -0.461 e. The third-order valence-electron chi connectivity index (χ3n) is 14.1. The van der Waals surface area contributed by atoms with Gasteiger partial charge in [0.1, 0.15) is 24.4 Å². The summed E-state index contributed by atoms with van der Waals surface area (Å²) in [6, 6.07) is -1.06. The monoisotopic (exact) mass is 929 g/mol. The van der Waals surface area contributed by atoms with Gasteiger partial charge in [-0.1, -0.05) is 78.5 Å². The smallest absolute Gasteiger partial charge is 0.329 e. The topological polar surface area (TPSA) is 185 Å². The van der Waals surface area contributed by atoms with E-state index in [9.17, 15) is 34.8 Å². The first-order valence-corrected chi connectivity index (χ1v) is 25.1. The molecule has 4 N–H and O–H groups in total. The van der Waals surface area contributed by atoms with Crippen LogP contribution in [-0.2, 0) is 33.3 Å². The van der Waals surface area contributed by atoms with Gasteiger partial charge in [-0.2, -0.15) is 0 Å². The average Bonchev–Trinajstić information content (AvgIpc) is 3.29. The molecular weight excluding hydrogens is 841 g/mol. The summed E-state index contributed by atoms with van der Waals surface area (Å²) in [4.78, 5) is 48.7. The predicted molar refractivity (Wildman–Crippen MR) is 260 cm³/mol. The average molecular weight is 929 g/mol. The van der Waals surface area contributed by atoms with Gasteiger partial charge in [-0.05, 0) is 126 Å². The highest BCUT2D eigenvalue weighted by atomic mass is 16.6. The maximum Gasteiger partial charge on any atom is 0.329 e. The van der Waals surface area contributed by atoms with Crippen LogP contribution in [0.3, 0.4) is 0 Å². The quantitative estimate of drug-likeness (QED) is 0.0217. The first-order valence-electron chi connectivity index (χ1n) is 25.1. The van der Waals surface area contributed by atoms with E-state index in [0.717, 1.165) is 43.4 Å². The lowest BCUT2D eigenvalue weighted by molar-refractivity contribution is -0.265. The number of carbonyl (C=O) groups excluding carboxylic acids is 3. The largest absolute Gasteiger partial charge is 0.461 e. The third-order valence-corrected chi connectivity index (χ3v) is 14.1. The van der Waals surface area contributed by atoms with Crippen LogP contribution in [0.2, 0.25) is 0 Å². The van der Waals surface area contributed by atoms with Crippen molar-refractivity contribution in [2.24, 2.45) is 34.6 Å². The van der Waals surface area contributed by atoms with Crippen LogP contribution in [0.15, 0.2) is 53.1 Å². The number of ether oxygens (including phenoxy) is 4. The molecule has 66 heavy (non-hydrogen) atoms. The van der Waals surface area contributed by atoms with Crippen LogP contribution in [0, 0.1) is 29.6 Å². The molecule has 3 fully saturated rings. The Labute approximate surface area is 397 Å². The number of allylic oxidation sites excluding steroid dienone is 4. The van der Waals surface area contributed by atoms with Crippen LogP contribution in [0.4, 0.5) is 0 Å². The van der Waals surface area contributed by atoms with Crippen LogP contribution in [0.5, 0.6) is 0 Å². The number of rotatable bonds is 26. The lowest BCUT2D eigenvalue weighted by Crippen LogP contribution is -2.60. The van der Waals surface area contributed by atoms with Gasteiger partial charge in [-0.15, -0.1) is 0 Å². The standard InChI is InChI=1S/C53H88N2O11/c1-12-14-15-18-35(5)46(63-10)33-43-26-20-39(9)53(62,66-43)50(59)51(60)55-29-17-16-19-44(55)52(61)65-42(27-23-40-21-24-41(56)25-22-40)32-45(57)36(6)31-38(8)48(58)49(64-11)47(54-28-13-2)37(7)30-34(3)4/h12,14-15,18,31,34,36-37,39-46,48-49,56-58,62H,1,13,16-17,19-30,32-33H2,2-11H3/b15-14+,35-18+,38-31+,54-47?/t36-,37-,39-,40?,41?,42-,43+,44+,45-,46+,48-,49+,53-/m1/s1. The summed E-state index contributed by atoms with van der Waals surface area (Å²) < 4.78 is 24.0. The van der Waals surface area contributed by atoms with Crippen molar-refractivity contribution in [2.75, 3.05) is 27.3 Å². The molecule has 1 amide bonds. The lowest BCUT2D eigenvalue weighted by Gasteiger charge is -2.42. The number of carbonyl (C=O) groups is 3. The van der Waals surface area contributed by atoms with E-state index in [1.54, 1.807) is 33.3 Å². The molecule has 0 spiro atoms. The molecule has 13 heteroatoms. The molecule has 13 nitrogen and oxygen atoms in total. The number of aliphatic imine (C=N–C) groups is 1. The van der Waals surface area contributed by atoms with Crippen molar-refractivity contribution in [2.45, 2.75) is 206 Å². The zero-order chi connectivity index (χ0) is 49.1. The fourth-order valence-corrected chi connectivity index (χ4v) is 9.98. The van der Waals surface area contributed by atoms with E-state index < -0.39 is 71.8 Å². The Hall–Kier alpha value is -3.04. The van der Waals surface area contributed by atoms with Gasteiger partial charge in [0.05, 0.1) is 24.4 Å². The maximum atomic E-state index is 14.3. The van der Waals surface area contributed by atoms with Crippen molar-refractivity contribution in [3.05, 3.63) is 48.1 Å². The first-order chi connectivity index (χ1) is 31.3. The molecule has 11 atom stereocenters. The number of esters is 1. The number of nitrogens with zero attached hydrogens (tertiary/aromatic N) is 2. The molecule has 376 valence electrons. The van der Waals surface area contributed by atoms with Gasteiger partial charge in [-0.3, -0.25) is 14.6 Å². The molecule has 0 radical (unpaired) electrons. The Morgan fingerprint density at radius 3 is 2.26 bits per heavy atom. The van der Waals surface area contributed by atoms with Crippen LogP contribution in [0.1, 0.15) is 152 Å². The van der Waals surface area contributed by atoms with E-state index in [1.165, 1.54) is 4.90 Å². The minimum atomic E-state index is -2.39.